The van der Waals surface area contributed by atoms with Crippen LogP contribution in [0, 0.1) is 0 Å². The Balaban J connectivity index is 2.00. The molecule has 3 rings (SSSR count). The van der Waals surface area contributed by atoms with Gasteiger partial charge >= 0.3 is 11.9 Å². The summed E-state index contributed by atoms with van der Waals surface area (Å²) in [5.74, 6) is -1.44. The topological polar surface area (TPSA) is 129 Å². The monoisotopic (exact) mass is 439 g/mol. The predicted molar refractivity (Wildman–Crippen MR) is 109 cm³/mol. The molecule has 2 N–H and O–H groups in total. The summed E-state index contributed by atoms with van der Waals surface area (Å²) in [6.45, 7) is 1.17. The number of sulfonamides is 1. The fourth-order valence-electron chi connectivity index (χ4n) is 3.83. The number of hydrogen-bond acceptors (Lipinski definition) is 6. The largest absolute Gasteiger partial charge is 0.497 e. The number of piperazine rings is 1. The van der Waals surface area contributed by atoms with Gasteiger partial charge in [0.05, 0.1) is 19.8 Å². The third-order valence-electron chi connectivity index (χ3n) is 5.32. The summed E-state index contributed by atoms with van der Waals surface area (Å²) in [4.78, 5) is 25.0. The molecule has 0 unspecified atom stereocenters. The number of aryl methyl sites for hydroxylation is 1. The lowest BCUT2D eigenvalue weighted by Gasteiger charge is -2.36. The van der Waals surface area contributed by atoms with Gasteiger partial charge in [-0.15, -0.1) is 0 Å². The van der Waals surface area contributed by atoms with Crippen LogP contribution in [0.15, 0.2) is 24.4 Å². The number of nitrogens with zero attached hydrogens (tertiary/aromatic N) is 3. The van der Waals surface area contributed by atoms with Crippen molar-refractivity contribution < 1.29 is 33.0 Å². The van der Waals surface area contributed by atoms with Gasteiger partial charge in [-0.25, -0.2) is 8.42 Å². The Morgan fingerprint density at radius 3 is 2.37 bits per heavy atom. The van der Waals surface area contributed by atoms with Gasteiger partial charge in [0, 0.05) is 55.4 Å². The molecular weight excluding hydrogens is 414 g/mol. The van der Waals surface area contributed by atoms with E-state index < -0.39 is 28.0 Å². The van der Waals surface area contributed by atoms with Crippen molar-refractivity contribution in [2.45, 2.75) is 19.0 Å². The Hall–Kier alpha value is -2.63. The number of benzene rings is 1. The highest BCUT2D eigenvalue weighted by Gasteiger charge is 2.34. The maximum Gasteiger partial charge on any atom is 0.325 e. The van der Waals surface area contributed by atoms with Crippen molar-refractivity contribution in [1.29, 1.82) is 0 Å². The number of carboxylic acid groups (broad SMARTS) is 2. The van der Waals surface area contributed by atoms with Gasteiger partial charge in [0.1, 0.15) is 11.8 Å². The van der Waals surface area contributed by atoms with Crippen LogP contribution in [0.5, 0.6) is 5.75 Å². The normalized spacial score (nSPS) is 17.1. The number of aliphatic carboxylic acids is 2. The molecule has 0 saturated carbocycles. The van der Waals surface area contributed by atoms with Gasteiger partial charge in [0.2, 0.25) is 10.0 Å². The summed E-state index contributed by atoms with van der Waals surface area (Å²) in [5.41, 5.74) is 1.24. The lowest BCUT2D eigenvalue weighted by molar-refractivity contribution is -0.144. The number of fused-ring (bicyclic) bond motifs is 1. The number of carbonyl (C=O) groups is 2. The van der Waals surface area contributed by atoms with Crippen LogP contribution in [0.2, 0.25) is 0 Å². The molecule has 1 fully saturated rings. The third kappa shape index (κ3) is 4.58. The first-order valence-electron chi connectivity index (χ1n) is 9.42. The van der Waals surface area contributed by atoms with Crippen molar-refractivity contribution in [1.82, 2.24) is 13.8 Å². The molecule has 30 heavy (non-hydrogen) atoms. The molecule has 1 aliphatic rings. The molecule has 1 saturated heterocycles. The van der Waals surface area contributed by atoms with Crippen molar-refractivity contribution in [2.75, 3.05) is 39.5 Å². The van der Waals surface area contributed by atoms with E-state index in [1.54, 1.807) is 33.9 Å². The molecule has 1 aromatic heterocycles. The zero-order chi connectivity index (χ0) is 22.1. The summed E-state index contributed by atoms with van der Waals surface area (Å²) >= 11 is 0. The zero-order valence-corrected chi connectivity index (χ0v) is 17.6. The number of methoxy groups -OCH3 is 1. The molecule has 0 amide bonds. The van der Waals surface area contributed by atoms with Crippen molar-refractivity contribution in [2.24, 2.45) is 0 Å². The average molecular weight is 439 g/mol. The Labute approximate surface area is 174 Å². The van der Waals surface area contributed by atoms with Crippen molar-refractivity contribution in [3.8, 4) is 5.75 Å². The predicted octanol–water partition coefficient (Wildman–Crippen LogP) is 0.828. The number of carboxylic acids is 2. The van der Waals surface area contributed by atoms with Gasteiger partial charge < -0.3 is 19.5 Å². The fourth-order valence-corrected chi connectivity index (χ4v) is 4.66. The van der Waals surface area contributed by atoms with Gasteiger partial charge in [-0.3, -0.25) is 14.5 Å². The molecular formula is C19H25N3O7S. The van der Waals surface area contributed by atoms with E-state index in [4.69, 9.17) is 9.84 Å². The average Bonchev–Trinajstić information content (AvgIpc) is 3.03. The number of ether oxygens (including phenoxy) is 1. The molecule has 1 aromatic carbocycles. The maximum absolute atomic E-state index is 12.2. The van der Waals surface area contributed by atoms with Gasteiger partial charge in [-0.1, -0.05) is 0 Å². The first-order chi connectivity index (χ1) is 14.1. The molecule has 0 bridgehead atoms. The van der Waals surface area contributed by atoms with E-state index in [1.807, 2.05) is 0 Å². The molecule has 0 radical (unpaired) electrons. The molecule has 1 atom stereocenters. The van der Waals surface area contributed by atoms with Crippen molar-refractivity contribution in [3.63, 3.8) is 0 Å². The summed E-state index contributed by atoms with van der Waals surface area (Å²) in [7, 11) is -1.82. The highest BCUT2D eigenvalue weighted by Crippen LogP contribution is 2.34. The fraction of sp³-hybridized carbons (Fsp3) is 0.474. The lowest BCUT2D eigenvalue weighted by Crippen LogP contribution is -2.50. The standard InChI is InChI=1S/C19H25N3O7S/c1-29-13-3-4-16-14(11-13)15(12-21(16)6-5-17(23)24)18(19(25)26)20-7-9-22(10-8-20)30(2,27)28/h3-4,11-12,18H,5-10H2,1-2H3,(H,23,24)(H,25,26)/t18-/m1/s1. The Kier molecular flexibility index (Phi) is 6.34. The molecule has 1 aliphatic heterocycles. The second-order valence-electron chi connectivity index (χ2n) is 7.24. The molecule has 164 valence electrons. The van der Waals surface area contributed by atoms with E-state index in [0.29, 0.717) is 22.2 Å². The van der Waals surface area contributed by atoms with E-state index in [0.717, 1.165) is 6.26 Å². The van der Waals surface area contributed by atoms with Crippen LogP contribution >= 0.6 is 0 Å². The molecule has 11 heteroatoms. The van der Waals surface area contributed by atoms with Gasteiger partial charge in [0.15, 0.2) is 0 Å². The Morgan fingerprint density at radius 1 is 1.17 bits per heavy atom. The minimum absolute atomic E-state index is 0.0972. The third-order valence-corrected chi connectivity index (χ3v) is 6.62. The quantitative estimate of drug-likeness (QED) is 0.619. The summed E-state index contributed by atoms with van der Waals surface area (Å²) in [6, 6.07) is 4.27. The maximum atomic E-state index is 12.2. The van der Waals surface area contributed by atoms with Crippen LogP contribution in [-0.2, 0) is 26.2 Å². The minimum atomic E-state index is -3.33. The first-order valence-corrected chi connectivity index (χ1v) is 11.3. The van der Waals surface area contributed by atoms with Gasteiger partial charge in [-0.2, -0.15) is 4.31 Å². The van der Waals surface area contributed by atoms with E-state index in [-0.39, 0.29) is 39.1 Å². The first kappa shape index (κ1) is 22.1. The highest BCUT2D eigenvalue weighted by molar-refractivity contribution is 7.88. The molecule has 0 aliphatic carbocycles. The number of aromatic nitrogens is 1. The van der Waals surface area contributed by atoms with E-state index >= 15 is 0 Å². The van der Waals surface area contributed by atoms with Crippen LogP contribution in [0.25, 0.3) is 10.9 Å². The summed E-state index contributed by atoms with van der Waals surface area (Å²) in [6.07, 6.45) is 2.72. The van der Waals surface area contributed by atoms with Crippen LogP contribution in [0.4, 0.5) is 0 Å². The van der Waals surface area contributed by atoms with E-state index in [1.165, 1.54) is 11.4 Å². The Morgan fingerprint density at radius 2 is 1.83 bits per heavy atom. The van der Waals surface area contributed by atoms with E-state index in [9.17, 15) is 23.1 Å². The summed E-state index contributed by atoms with van der Waals surface area (Å²) in [5, 5.41) is 19.7. The molecule has 2 heterocycles. The van der Waals surface area contributed by atoms with Crippen LogP contribution in [0.3, 0.4) is 0 Å². The zero-order valence-electron chi connectivity index (χ0n) is 16.8. The molecule has 10 nitrogen and oxygen atoms in total. The minimum Gasteiger partial charge on any atom is -0.497 e. The second kappa shape index (κ2) is 8.62. The van der Waals surface area contributed by atoms with Crippen LogP contribution in [-0.4, -0.2) is 83.9 Å². The highest BCUT2D eigenvalue weighted by atomic mass is 32.2. The second-order valence-corrected chi connectivity index (χ2v) is 9.23. The van der Waals surface area contributed by atoms with Crippen LogP contribution in [0.1, 0.15) is 18.0 Å². The van der Waals surface area contributed by atoms with Crippen LogP contribution < -0.4 is 4.74 Å². The van der Waals surface area contributed by atoms with E-state index in [2.05, 4.69) is 0 Å². The number of rotatable bonds is 8. The van der Waals surface area contributed by atoms with Crippen molar-refractivity contribution >= 4 is 32.9 Å². The SMILES string of the molecule is COc1ccc2c(c1)c([C@H](C(=O)O)N1CCN(S(C)(=O)=O)CC1)cn2CCC(=O)O. The summed E-state index contributed by atoms with van der Waals surface area (Å²) < 4.78 is 31.9. The van der Waals surface area contributed by atoms with Crippen molar-refractivity contribution in [3.05, 3.63) is 30.0 Å². The number of hydrogen-bond donors (Lipinski definition) is 2. The van der Waals surface area contributed by atoms with Gasteiger partial charge in [0.25, 0.3) is 0 Å². The smallest absolute Gasteiger partial charge is 0.325 e. The Bertz CT molecular complexity index is 1060. The van der Waals surface area contributed by atoms with Gasteiger partial charge in [-0.05, 0) is 18.2 Å². The lowest BCUT2D eigenvalue weighted by atomic mass is 10.0. The molecule has 2 aromatic rings. The molecule has 0 spiro atoms.